The Kier molecular flexibility index (Phi) is 8.67. The van der Waals surface area contributed by atoms with Crippen LogP contribution in [-0.2, 0) is 10.0 Å². The van der Waals surface area contributed by atoms with E-state index in [0.29, 0.717) is 38.8 Å². The van der Waals surface area contributed by atoms with E-state index in [9.17, 15) is 18.0 Å². The zero-order valence-electron chi connectivity index (χ0n) is 22.1. The van der Waals surface area contributed by atoms with Gasteiger partial charge in [0, 0.05) is 28.9 Å². The number of aryl methyl sites for hydroxylation is 1. The maximum atomic E-state index is 12.9. The van der Waals surface area contributed by atoms with Crippen molar-refractivity contribution in [2.75, 3.05) is 16.7 Å². The van der Waals surface area contributed by atoms with Crippen molar-refractivity contribution in [1.82, 2.24) is 5.43 Å². The summed E-state index contributed by atoms with van der Waals surface area (Å²) < 4.78 is 27.1. The number of halogens is 1. The molecule has 0 aliphatic carbocycles. The summed E-state index contributed by atoms with van der Waals surface area (Å²) in [5.41, 5.74) is 6.40. The molecule has 10 heteroatoms. The lowest BCUT2D eigenvalue weighted by molar-refractivity contribution is 0.0954. The van der Waals surface area contributed by atoms with Gasteiger partial charge in [0.15, 0.2) is 0 Å². The highest BCUT2D eigenvalue weighted by Crippen LogP contribution is 2.23. The number of rotatable bonds is 8. The summed E-state index contributed by atoms with van der Waals surface area (Å²) >= 11 is 5.97. The number of hydrogen-bond donors (Lipinski definition) is 2. The molecule has 0 aliphatic rings. The standard InChI is InChI=1S/C30H27ClN4O4S/c1-20-10-16-28(17-11-20)40(38,39)35(3)27-14-12-22(13-15-27)30(37)34-33-21(2)23-6-5-9-26(19-23)32-29(36)24-7-4-8-25(31)18-24/h4-19H,1-3H3,(H,32,36)(H,34,37)/b33-21-. The molecule has 0 unspecified atom stereocenters. The third-order valence-electron chi connectivity index (χ3n) is 6.12. The van der Waals surface area contributed by atoms with E-state index >= 15 is 0 Å². The minimum absolute atomic E-state index is 0.181. The summed E-state index contributed by atoms with van der Waals surface area (Å²) in [5, 5.41) is 7.47. The van der Waals surface area contributed by atoms with Gasteiger partial charge in [-0.1, -0.05) is 47.5 Å². The van der Waals surface area contributed by atoms with Gasteiger partial charge in [0.05, 0.1) is 16.3 Å². The topological polar surface area (TPSA) is 108 Å². The molecule has 0 aromatic heterocycles. The number of nitrogens with zero attached hydrogens (tertiary/aromatic N) is 2. The van der Waals surface area contributed by atoms with Gasteiger partial charge >= 0.3 is 0 Å². The van der Waals surface area contributed by atoms with E-state index in [1.807, 2.05) is 6.92 Å². The predicted octanol–water partition coefficient (Wildman–Crippen LogP) is 5.88. The number of hydrazone groups is 1. The Bertz CT molecular complexity index is 1690. The van der Waals surface area contributed by atoms with Crippen molar-refractivity contribution >= 4 is 50.5 Å². The average molecular weight is 575 g/mol. The molecule has 204 valence electrons. The highest BCUT2D eigenvalue weighted by atomic mass is 35.5. The summed E-state index contributed by atoms with van der Waals surface area (Å²) in [4.78, 5) is 25.4. The van der Waals surface area contributed by atoms with Gasteiger partial charge in [0.1, 0.15) is 0 Å². The van der Waals surface area contributed by atoms with Crippen LogP contribution in [0.3, 0.4) is 0 Å². The van der Waals surface area contributed by atoms with Crippen LogP contribution in [0, 0.1) is 6.92 Å². The van der Waals surface area contributed by atoms with Crippen LogP contribution >= 0.6 is 11.6 Å². The van der Waals surface area contributed by atoms with Crippen molar-refractivity contribution in [3.05, 3.63) is 124 Å². The van der Waals surface area contributed by atoms with E-state index in [0.717, 1.165) is 5.56 Å². The smallest absolute Gasteiger partial charge is 0.271 e. The van der Waals surface area contributed by atoms with Crippen molar-refractivity contribution in [1.29, 1.82) is 0 Å². The fraction of sp³-hybridized carbons (Fsp3) is 0.100. The monoisotopic (exact) mass is 574 g/mol. The van der Waals surface area contributed by atoms with E-state index in [1.54, 1.807) is 91.9 Å². The zero-order chi connectivity index (χ0) is 28.9. The van der Waals surface area contributed by atoms with Crippen molar-refractivity contribution in [2.24, 2.45) is 5.10 Å². The van der Waals surface area contributed by atoms with Gasteiger partial charge in [0.2, 0.25) is 0 Å². The van der Waals surface area contributed by atoms with Gasteiger partial charge in [-0.15, -0.1) is 0 Å². The molecule has 4 aromatic rings. The number of carbonyl (C=O) groups is 2. The van der Waals surface area contributed by atoms with Gasteiger partial charge < -0.3 is 5.32 Å². The van der Waals surface area contributed by atoms with Crippen molar-refractivity contribution < 1.29 is 18.0 Å². The van der Waals surface area contributed by atoms with Crippen molar-refractivity contribution in [2.45, 2.75) is 18.7 Å². The molecule has 0 atom stereocenters. The summed E-state index contributed by atoms with van der Waals surface area (Å²) in [6.45, 7) is 3.61. The molecule has 40 heavy (non-hydrogen) atoms. The van der Waals surface area contributed by atoms with Crippen molar-refractivity contribution in [3.63, 3.8) is 0 Å². The lowest BCUT2D eigenvalue weighted by Crippen LogP contribution is -2.26. The molecular formula is C30H27ClN4O4S. The predicted molar refractivity (Wildman–Crippen MR) is 159 cm³/mol. The molecule has 0 saturated carbocycles. The minimum Gasteiger partial charge on any atom is -0.322 e. The first kappa shape index (κ1) is 28.5. The number of amides is 2. The molecule has 2 N–H and O–H groups in total. The van der Waals surface area contributed by atoms with Gasteiger partial charge in [-0.2, -0.15) is 5.10 Å². The number of benzene rings is 4. The summed E-state index contributed by atoms with van der Waals surface area (Å²) in [5.74, 6) is -0.760. The quantitative estimate of drug-likeness (QED) is 0.202. The van der Waals surface area contributed by atoms with Crippen LogP contribution in [0.5, 0.6) is 0 Å². The van der Waals surface area contributed by atoms with E-state index in [-0.39, 0.29) is 10.8 Å². The van der Waals surface area contributed by atoms with Gasteiger partial charge in [0.25, 0.3) is 21.8 Å². The lowest BCUT2D eigenvalue weighted by atomic mass is 10.1. The second-order valence-corrected chi connectivity index (χ2v) is 11.4. The van der Waals surface area contributed by atoms with Gasteiger partial charge in [-0.05, 0) is 86.1 Å². The molecule has 4 rings (SSSR count). The van der Waals surface area contributed by atoms with Crippen LogP contribution in [0.4, 0.5) is 11.4 Å². The largest absolute Gasteiger partial charge is 0.322 e. The first-order valence-corrected chi connectivity index (χ1v) is 14.0. The lowest BCUT2D eigenvalue weighted by Gasteiger charge is -2.19. The minimum atomic E-state index is -3.74. The third-order valence-corrected chi connectivity index (χ3v) is 8.16. The van der Waals surface area contributed by atoms with Crippen LogP contribution in [0.2, 0.25) is 5.02 Å². The normalized spacial score (nSPS) is 11.6. The Morgan fingerprint density at radius 1 is 0.800 bits per heavy atom. The molecule has 2 amide bonds. The van der Waals surface area contributed by atoms with Crippen LogP contribution in [0.15, 0.2) is 107 Å². The van der Waals surface area contributed by atoms with E-state index in [4.69, 9.17) is 11.6 Å². The Hall–Kier alpha value is -4.47. The molecule has 0 spiro atoms. The fourth-order valence-electron chi connectivity index (χ4n) is 3.75. The SMILES string of the molecule is C/C(=N/NC(=O)c1ccc(N(C)S(=O)(=O)c2ccc(C)cc2)cc1)c1cccc(NC(=O)c2cccc(Cl)c2)c1. The first-order chi connectivity index (χ1) is 19.0. The maximum Gasteiger partial charge on any atom is 0.271 e. The molecule has 0 aliphatic heterocycles. The highest BCUT2D eigenvalue weighted by molar-refractivity contribution is 7.92. The van der Waals surface area contributed by atoms with Crippen LogP contribution in [-0.4, -0.2) is 33.0 Å². The number of hydrogen-bond acceptors (Lipinski definition) is 5. The highest BCUT2D eigenvalue weighted by Gasteiger charge is 2.21. The molecule has 0 bridgehead atoms. The Balaban J connectivity index is 1.41. The zero-order valence-corrected chi connectivity index (χ0v) is 23.6. The Morgan fingerprint density at radius 2 is 1.45 bits per heavy atom. The van der Waals surface area contributed by atoms with Crippen LogP contribution in [0.1, 0.15) is 38.8 Å². The van der Waals surface area contributed by atoms with Crippen LogP contribution < -0.4 is 15.0 Å². The molecule has 0 fully saturated rings. The Labute approximate surface area is 238 Å². The number of nitrogens with one attached hydrogen (secondary N) is 2. The number of anilines is 2. The molecular weight excluding hydrogens is 548 g/mol. The summed E-state index contributed by atoms with van der Waals surface area (Å²) in [6.07, 6.45) is 0. The summed E-state index contributed by atoms with van der Waals surface area (Å²) in [6, 6.07) is 26.5. The molecule has 4 aromatic carbocycles. The molecule has 0 radical (unpaired) electrons. The molecule has 0 saturated heterocycles. The molecule has 8 nitrogen and oxygen atoms in total. The Morgan fingerprint density at radius 3 is 2.12 bits per heavy atom. The maximum absolute atomic E-state index is 12.9. The van der Waals surface area contributed by atoms with E-state index in [2.05, 4.69) is 15.8 Å². The second-order valence-electron chi connectivity index (χ2n) is 9.02. The molecule has 0 heterocycles. The fourth-order valence-corrected chi connectivity index (χ4v) is 5.13. The van der Waals surface area contributed by atoms with Gasteiger partial charge in [-0.25, -0.2) is 13.8 Å². The number of carbonyl (C=O) groups excluding carboxylic acids is 2. The van der Waals surface area contributed by atoms with Gasteiger partial charge in [-0.3, -0.25) is 13.9 Å². The van der Waals surface area contributed by atoms with E-state index in [1.165, 1.54) is 23.5 Å². The van der Waals surface area contributed by atoms with Crippen molar-refractivity contribution in [3.8, 4) is 0 Å². The van der Waals surface area contributed by atoms with Crippen LogP contribution in [0.25, 0.3) is 0 Å². The van der Waals surface area contributed by atoms with E-state index < -0.39 is 15.9 Å². The third kappa shape index (κ3) is 6.74. The second kappa shape index (κ2) is 12.1. The number of sulfonamides is 1. The summed E-state index contributed by atoms with van der Waals surface area (Å²) in [7, 11) is -2.28. The first-order valence-electron chi connectivity index (χ1n) is 12.2. The average Bonchev–Trinajstić information content (AvgIpc) is 2.95.